The molecule has 2 heterocycles. The van der Waals surface area contributed by atoms with Crippen molar-refractivity contribution in [1.29, 1.82) is 0 Å². The van der Waals surface area contributed by atoms with Crippen LogP contribution in [0.25, 0.3) is 0 Å². The van der Waals surface area contributed by atoms with Gasteiger partial charge in [0.1, 0.15) is 5.75 Å². The first-order valence-electron chi connectivity index (χ1n) is 6.13. The van der Waals surface area contributed by atoms with E-state index in [2.05, 4.69) is 11.0 Å². The van der Waals surface area contributed by atoms with Crippen molar-refractivity contribution in [3.63, 3.8) is 0 Å². The van der Waals surface area contributed by atoms with Crippen molar-refractivity contribution in [1.82, 2.24) is 0 Å². The summed E-state index contributed by atoms with van der Waals surface area (Å²) >= 11 is 0. The van der Waals surface area contributed by atoms with Crippen molar-refractivity contribution in [2.45, 2.75) is 32.2 Å². The molecule has 0 spiro atoms. The second-order valence-electron chi connectivity index (χ2n) is 4.77. The van der Waals surface area contributed by atoms with Crippen LogP contribution in [-0.2, 0) is 19.4 Å². The van der Waals surface area contributed by atoms with Gasteiger partial charge in [0.2, 0.25) is 0 Å². The molecule has 0 unspecified atom stereocenters. The van der Waals surface area contributed by atoms with E-state index in [1.165, 1.54) is 17.7 Å². The molecule has 2 aliphatic rings. The number of hydrogen-bond acceptors (Lipinski definition) is 3. The van der Waals surface area contributed by atoms with Gasteiger partial charge in [0.25, 0.3) is 0 Å². The fraction of sp³-hybridized carbons (Fsp3) is 0.538. The molecule has 3 nitrogen and oxygen atoms in total. The fourth-order valence-corrected chi connectivity index (χ4v) is 3.07. The summed E-state index contributed by atoms with van der Waals surface area (Å²) in [7, 11) is 0. The maximum absolute atomic E-state index is 10.2. The molecule has 1 aromatic rings. The monoisotopic (exact) mass is 218 g/mol. The second-order valence-corrected chi connectivity index (χ2v) is 4.77. The largest absolute Gasteiger partial charge is 0.507 e. The van der Waals surface area contributed by atoms with Crippen molar-refractivity contribution in [2.24, 2.45) is 5.73 Å². The first kappa shape index (κ1) is 9.97. The molecule has 86 valence electrons. The van der Waals surface area contributed by atoms with E-state index in [1.54, 1.807) is 0 Å². The Balaban J connectivity index is 2.22. The van der Waals surface area contributed by atoms with E-state index in [0.717, 1.165) is 43.5 Å². The van der Waals surface area contributed by atoms with E-state index >= 15 is 0 Å². The van der Waals surface area contributed by atoms with Crippen LogP contribution in [0.3, 0.4) is 0 Å². The van der Waals surface area contributed by atoms with Crippen LogP contribution in [-0.4, -0.2) is 18.2 Å². The van der Waals surface area contributed by atoms with Crippen LogP contribution in [0.2, 0.25) is 0 Å². The Morgan fingerprint density at radius 1 is 1.25 bits per heavy atom. The average molecular weight is 218 g/mol. The van der Waals surface area contributed by atoms with E-state index in [4.69, 9.17) is 5.73 Å². The molecule has 0 atom stereocenters. The van der Waals surface area contributed by atoms with E-state index < -0.39 is 0 Å². The Morgan fingerprint density at radius 3 is 2.75 bits per heavy atom. The summed E-state index contributed by atoms with van der Waals surface area (Å²) in [5, 5.41) is 10.2. The van der Waals surface area contributed by atoms with Crippen LogP contribution in [0.5, 0.6) is 5.75 Å². The summed E-state index contributed by atoms with van der Waals surface area (Å²) in [6.45, 7) is 2.72. The maximum Gasteiger partial charge on any atom is 0.125 e. The van der Waals surface area contributed by atoms with Crippen molar-refractivity contribution >= 4 is 5.69 Å². The fourth-order valence-electron chi connectivity index (χ4n) is 3.07. The van der Waals surface area contributed by atoms with Gasteiger partial charge in [-0.1, -0.05) is 0 Å². The predicted molar refractivity (Wildman–Crippen MR) is 64.9 cm³/mol. The molecule has 0 amide bonds. The van der Waals surface area contributed by atoms with Gasteiger partial charge in [-0.05, 0) is 37.3 Å². The molecule has 1 aromatic carbocycles. The second kappa shape index (κ2) is 3.67. The zero-order valence-corrected chi connectivity index (χ0v) is 9.50. The number of benzene rings is 1. The van der Waals surface area contributed by atoms with Crippen molar-refractivity contribution in [2.75, 3.05) is 18.0 Å². The summed E-state index contributed by atoms with van der Waals surface area (Å²) < 4.78 is 0. The number of hydrogen-bond donors (Lipinski definition) is 2. The molecule has 0 aromatic heterocycles. The van der Waals surface area contributed by atoms with E-state index in [0.29, 0.717) is 12.3 Å². The molecule has 2 aliphatic heterocycles. The number of phenolic OH excluding ortho intramolecular Hbond substituents is 1. The number of nitrogens with two attached hydrogens (primary N) is 1. The molecule has 0 fully saturated rings. The lowest BCUT2D eigenvalue weighted by atomic mass is 9.89. The minimum Gasteiger partial charge on any atom is -0.507 e. The highest BCUT2D eigenvalue weighted by Crippen LogP contribution is 2.41. The third-order valence-electron chi connectivity index (χ3n) is 3.79. The highest BCUT2D eigenvalue weighted by Gasteiger charge is 2.27. The Morgan fingerprint density at radius 2 is 2.00 bits per heavy atom. The molecular weight excluding hydrogens is 200 g/mol. The minimum atomic E-state index is 0.437. The van der Waals surface area contributed by atoms with Gasteiger partial charge in [0, 0.05) is 36.4 Å². The van der Waals surface area contributed by atoms with Gasteiger partial charge in [-0.3, -0.25) is 0 Å². The highest BCUT2D eigenvalue weighted by molar-refractivity contribution is 5.68. The molecule has 0 aliphatic carbocycles. The Bertz CT molecular complexity index is 426. The first-order valence-corrected chi connectivity index (χ1v) is 6.13. The molecule has 3 N–H and O–H groups in total. The summed E-state index contributed by atoms with van der Waals surface area (Å²) in [4.78, 5) is 2.43. The molecular formula is C13H18N2O. The van der Waals surface area contributed by atoms with Gasteiger partial charge in [-0.25, -0.2) is 0 Å². The standard InChI is InChI=1S/C13H18N2O/c14-8-10-7-9-3-1-5-15-6-2-4-11(12(9)15)13(10)16/h7,16H,1-6,8,14H2. The van der Waals surface area contributed by atoms with Gasteiger partial charge in [0.15, 0.2) is 0 Å². The predicted octanol–water partition coefficient (Wildman–Crippen LogP) is 1.55. The molecule has 16 heavy (non-hydrogen) atoms. The molecule has 3 heteroatoms. The number of anilines is 1. The third-order valence-corrected chi connectivity index (χ3v) is 3.79. The zero-order chi connectivity index (χ0) is 11.1. The molecule has 3 rings (SSSR count). The van der Waals surface area contributed by atoms with Crippen molar-refractivity contribution in [3.8, 4) is 5.75 Å². The minimum absolute atomic E-state index is 0.437. The van der Waals surface area contributed by atoms with Crippen LogP contribution in [0.4, 0.5) is 5.69 Å². The van der Waals surface area contributed by atoms with Crippen molar-refractivity contribution < 1.29 is 5.11 Å². The van der Waals surface area contributed by atoms with E-state index in [9.17, 15) is 5.11 Å². The van der Waals surface area contributed by atoms with Crippen LogP contribution < -0.4 is 10.6 Å². The van der Waals surface area contributed by atoms with Crippen LogP contribution >= 0.6 is 0 Å². The normalized spacial score (nSPS) is 18.4. The average Bonchev–Trinajstić information content (AvgIpc) is 2.33. The van der Waals surface area contributed by atoms with Gasteiger partial charge >= 0.3 is 0 Å². The Labute approximate surface area is 95.9 Å². The van der Waals surface area contributed by atoms with E-state index in [1.807, 2.05) is 0 Å². The lowest BCUT2D eigenvalue weighted by Gasteiger charge is -2.37. The van der Waals surface area contributed by atoms with Crippen molar-refractivity contribution in [3.05, 3.63) is 22.8 Å². The van der Waals surface area contributed by atoms with Crippen LogP contribution in [0.15, 0.2) is 6.07 Å². The quantitative estimate of drug-likeness (QED) is 0.752. The highest BCUT2D eigenvalue weighted by atomic mass is 16.3. The molecule has 0 saturated carbocycles. The molecule has 0 saturated heterocycles. The zero-order valence-electron chi connectivity index (χ0n) is 9.50. The Kier molecular flexibility index (Phi) is 2.28. The third kappa shape index (κ3) is 1.31. The summed E-state index contributed by atoms with van der Waals surface area (Å²) in [6, 6.07) is 2.10. The summed E-state index contributed by atoms with van der Waals surface area (Å²) in [6.07, 6.45) is 4.50. The lowest BCUT2D eigenvalue weighted by molar-refractivity contribution is 0.455. The molecule has 0 radical (unpaired) electrons. The first-order chi connectivity index (χ1) is 7.81. The van der Waals surface area contributed by atoms with Crippen LogP contribution in [0.1, 0.15) is 29.5 Å². The number of phenols is 1. The van der Waals surface area contributed by atoms with Gasteiger partial charge in [-0.2, -0.15) is 0 Å². The Hall–Kier alpha value is -1.22. The number of aryl methyl sites for hydroxylation is 1. The number of nitrogens with zero attached hydrogens (tertiary/aromatic N) is 1. The number of rotatable bonds is 1. The van der Waals surface area contributed by atoms with Gasteiger partial charge in [0.05, 0.1) is 0 Å². The van der Waals surface area contributed by atoms with Gasteiger partial charge in [-0.15, -0.1) is 0 Å². The summed E-state index contributed by atoms with van der Waals surface area (Å²) in [5.41, 5.74) is 10.4. The summed E-state index contributed by atoms with van der Waals surface area (Å²) in [5.74, 6) is 0.452. The van der Waals surface area contributed by atoms with E-state index in [-0.39, 0.29) is 0 Å². The molecule has 0 bridgehead atoms. The smallest absolute Gasteiger partial charge is 0.125 e. The topological polar surface area (TPSA) is 49.5 Å². The number of aromatic hydroxyl groups is 1. The van der Waals surface area contributed by atoms with Gasteiger partial charge < -0.3 is 15.7 Å². The van der Waals surface area contributed by atoms with Crippen LogP contribution in [0, 0.1) is 0 Å². The lowest BCUT2D eigenvalue weighted by Crippen LogP contribution is -2.34. The SMILES string of the molecule is NCc1cc2c3c(c1O)CCCN3CCC2. The maximum atomic E-state index is 10.2.